The number of carbonyl (C=O) groups excluding carboxylic acids is 1. The molecule has 2 heterocycles. The van der Waals surface area contributed by atoms with E-state index < -0.39 is 6.04 Å². The van der Waals surface area contributed by atoms with Crippen LogP contribution >= 0.6 is 11.8 Å². The van der Waals surface area contributed by atoms with Crippen LogP contribution in [-0.2, 0) is 9.53 Å². The number of benzene rings is 2. The average molecular weight is 540 g/mol. The molecule has 1 fully saturated rings. The zero-order chi connectivity index (χ0) is 27.1. The molecule has 1 saturated heterocycles. The van der Waals surface area contributed by atoms with E-state index in [-0.39, 0.29) is 29.7 Å². The van der Waals surface area contributed by atoms with Gasteiger partial charge >= 0.3 is 0 Å². The van der Waals surface area contributed by atoms with Gasteiger partial charge < -0.3 is 20.5 Å². The number of carbonyl (C=O) groups is 1. The summed E-state index contributed by atoms with van der Waals surface area (Å²) in [7, 11) is 1.62. The maximum absolute atomic E-state index is 13.9. The number of methoxy groups -OCH3 is 1. The van der Waals surface area contributed by atoms with Crippen LogP contribution in [0.5, 0.6) is 5.75 Å². The molecule has 1 amide bonds. The van der Waals surface area contributed by atoms with Crippen molar-refractivity contribution < 1.29 is 18.7 Å². The Balaban J connectivity index is 1.71. The van der Waals surface area contributed by atoms with E-state index in [1.165, 1.54) is 28.8 Å². The molecular formula is C28H34FN5O3S. The van der Waals surface area contributed by atoms with Gasteiger partial charge in [0.2, 0.25) is 11.9 Å². The summed E-state index contributed by atoms with van der Waals surface area (Å²) in [4.78, 5) is 25.5. The standard InChI is InChI=1S/C28H34FN5O3S/c1-18(2)14-24(30)27(35)34(17-22-8-5-13-37-22)28-32-25(31-20-7-4-6-19(29)15-20)16-26(33-28)38-23-11-9-21(36-3)10-12-23/h4,6-7,9-12,15-16,18,22,24H,5,8,13-14,17,30H2,1-3H3,(H,31,32,33)/t22?,24-/m0/s1. The lowest BCUT2D eigenvalue weighted by atomic mass is 10.0. The third kappa shape index (κ3) is 7.66. The molecule has 1 aromatic heterocycles. The van der Waals surface area contributed by atoms with Gasteiger partial charge in [0.1, 0.15) is 22.4 Å². The van der Waals surface area contributed by atoms with Crippen LogP contribution in [-0.4, -0.2) is 48.3 Å². The third-order valence-electron chi connectivity index (χ3n) is 6.03. The molecule has 2 atom stereocenters. The van der Waals surface area contributed by atoms with Crippen molar-refractivity contribution in [3.8, 4) is 5.75 Å². The van der Waals surface area contributed by atoms with Crippen molar-refractivity contribution in [3.05, 3.63) is 60.4 Å². The Kier molecular flexibility index (Phi) is 9.54. The first-order valence-electron chi connectivity index (χ1n) is 12.7. The summed E-state index contributed by atoms with van der Waals surface area (Å²) in [5.41, 5.74) is 6.87. The predicted molar refractivity (Wildman–Crippen MR) is 148 cm³/mol. The number of hydrogen-bond donors (Lipinski definition) is 2. The molecule has 1 aliphatic heterocycles. The molecule has 0 saturated carbocycles. The first-order valence-corrected chi connectivity index (χ1v) is 13.5. The van der Waals surface area contributed by atoms with Crippen LogP contribution in [0.3, 0.4) is 0 Å². The van der Waals surface area contributed by atoms with Gasteiger partial charge in [0.15, 0.2) is 0 Å². The van der Waals surface area contributed by atoms with E-state index >= 15 is 0 Å². The molecule has 0 spiro atoms. The Labute approximate surface area is 227 Å². The normalized spacial score (nSPS) is 15.9. The topological polar surface area (TPSA) is 103 Å². The van der Waals surface area contributed by atoms with Gasteiger partial charge in [0.05, 0.1) is 25.8 Å². The molecule has 0 aliphatic carbocycles. The van der Waals surface area contributed by atoms with Crippen LogP contribution in [0.1, 0.15) is 33.1 Å². The quantitative estimate of drug-likeness (QED) is 0.312. The lowest BCUT2D eigenvalue weighted by Gasteiger charge is -2.27. The van der Waals surface area contributed by atoms with Gasteiger partial charge in [-0.05, 0) is 67.6 Å². The highest BCUT2D eigenvalue weighted by Gasteiger charge is 2.30. The number of ether oxygens (including phenoxy) is 2. The highest BCUT2D eigenvalue weighted by atomic mass is 32.2. The van der Waals surface area contributed by atoms with Crippen molar-refractivity contribution in [1.82, 2.24) is 9.97 Å². The first-order chi connectivity index (χ1) is 18.3. The van der Waals surface area contributed by atoms with Crippen LogP contribution in [0.4, 0.5) is 21.8 Å². The number of rotatable bonds is 11. The number of hydrogen-bond acceptors (Lipinski definition) is 8. The summed E-state index contributed by atoms with van der Waals surface area (Å²) in [5, 5.41) is 3.77. The fourth-order valence-corrected chi connectivity index (χ4v) is 5.01. The zero-order valence-corrected chi connectivity index (χ0v) is 22.7. The molecule has 1 unspecified atom stereocenters. The lowest BCUT2D eigenvalue weighted by Crippen LogP contribution is -2.48. The number of anilines is 3. The number of halogens is 1. The van der Waals surface area contributed by atoms with Crippen molar-refractivity contribution in [2.45, 2.75) is 55.2 Å². The van der Waals surface area contributed by atoms with Crippen molar-refractivity contribution in [1.29, 1.82) is 0 Å². The maximum Gasteiger partial charge on any atom is 0.246 e. The highest BCUT2D eigenvalue weighted by Crippen LogP contribution is 2.32. The number of aromatic nitrogens is 2. The van der Waals surface area contributed by atoms with Gasteiger partial charge in [-0.1, -0.05) is 31.7 Å². The molecule has 10 heteroatoms. The molecule has 0 radical (unpaired) electrons. The molecule has 0 bridgehead atoms. The van der Waals surface area contributed by atoms with E-state index in [1.54, 1.807) is 25.3 Å². The Morgan fingerprint density at radius 3 is 2.68 bits per heavy atom. The summed E-state index contributed by atoms with van der Waals surface area (Å²) in [5.74, 6) is 1.03. The molecule has 8 nitrogen and oxygen atoms in total. The van der Waals surface area contributed by atoms with Gasteiger partial charge in [-0.25, -0.2) is 9.37 Å². The zero-order valence-electron chi connectivity index (χ0n) is 21.9. The largest absolute Gasteiger partial charge is 0.497 e. The summed E-state index contributed by atoms with van der Waals surface area (Å²) < 4.78 is 25.0. The van der Waals surface area contributed by atoms with Crippen LogP contribution in [0, 0.1) is 11.7 Å². The number of nitrogens with zero attached hydrogens (tertiary/aromatic N) is 3. The van der Waals surface area contributed by atoms with Crippen molar-refractivity contribution in [2.24, 2.45) is 11.7 Å². The third-order valence-corrected chi connectivity index (χ3v) is 6.96. The minimum atomic E-state index is -0.697. The van der Waals surface area contributed by atoms with Gasteiger partial charge in [-0.2, -0.15) is 4.98 Å². The number of nitrogens with one attached hydrogen (secondary N) is 1. The van der Waals surface area contributed by atoms with Crippen molar-refractivity contribution >= 4 is 35.1 Å². The Morgan fingerprint density at radius 1 is 1.24 bits per heavy atom. The van der Waals surface area contributed by atoms with E-state index in [0.717, 1.165) is 23.5 Å². The maximum atomic E-state index is 13.9. The second-order valence-corrected chi connectivity index (χ2v) is 10.7. The summed E-state index contributed by atoms with van der Waals surface area (Å²) >= 11 is 1.42. The van der Waals surface area contributed by atoms with Gasteiger partial charge in [-0.15, -0.1) is 0 Å². The van der Waals surface area contributed by atoms with Crippen LogP contribution in [0.15, 0.2) is 64.5 Å². The molecule has 4 rings (SSSR count). The molecular weight excluding hydrogens is 505 g/mol. The number of nitrogens with two attached hydrogens (primary N) is 1. The minimum Gasteiger partial charge on any atom is -0.497 e. The summed E-state index contributed by atoms with van der Waals surface area (Å²) in [6.07, 6.45) is 2.20. The van der Waals surface area contributed by atoms with Crippen molar-refractivity contribution in [2.75, 3.05) is 30.5 Å². The van der Waals surface area contributed by atoms with E-state index in [1.807, 2.05) is 38.1 Å². The minimum absolute atomic E-state index is 0.119. The second kappa shape index (κ2) is 13.0. The Bertz CT molecular complexity index is 1220. The molecule has 2 aromatic carbocycles. The summed E-state index contributed by atoms with van der Waals surface area (Å²) in [6.45, 7) is 5.02. The van der Waals surface area contributed by atoms with Crippen molar-refractivity contribution in [3.63, 3.8) is 0 Å². The predicted octanol–water partition coefficient (Wildman–Crippen LogP) is 5.40. The summed E-state index contributed by atoms with van der Waals surface area (Å²) in [6, 6.07) is 14.8. The van der Waals surface area contributed by atoms with E-state index in [9.17, 15) is 9.18 Å². The second-order valence-electron chi connectivity index (χ2n) is 9.62. The van der Waals surface area contributed by atoms with E-state index in [4.69, 9.17) is 20.2 Å². The number of amides is 1. The molecule has 1 aliphatic rings. The Hall–Kier alpha value is -3.21. The van der Waals surface area contributed by atoms with Gasteiger partial charge in [0.25, 0.3) is 0 Å². The fraction of sp³-hybridized carbons (Fsp3) is 0.393. The van der Waals surface area contributed by atoms with Gasteiger partial charge in [0, 0.05) is 23.3 Å². The van der Waals surface area contributed by atoms with E-state index in [2.05, 4.69) is 10.3 Å². The van der Waals surface area contributed by atoms with Crippen LogP contribution in [0.25, 0.3) is 0 Å². The molecule has 3 aromatic rings. The SMILES string of the molecule is COc1ccc(Sc2cc(Nc3cccc(F)c3)nc(N(CC3CCCO3)C(=O)[C@@H](N)CC(C)C)n2)cc1. The van der Waals surface area contributed by atoms with Gasteiger partial charge in [-0.3, -0.25) is 9.69 Å². The fourth-order valence-electron chi connectivity index (χ4n) is 4.20. The molecule has 3 N–H and O–H groups in total. The van der Waals surface area contributed by atoms with E-state index in [0.29, 0.717) is 36.1 Å². The lowest BCUT2D eigenvalue weighted by molar-refractivity contribution is -0.120. The van der Waals surface area contributed by atoms with Crippen LogP contribution in [0.2, 0.25) is 0 Å². The first kappa shape index (κ1) is 27.8. The molecule has 202 valence electrons. The monoisotopic (exact) mass is 539 g/mol. The molecule has 38 heavy (non-hydrogen) atoms. The average Bonchev–Trinajstić information content (AvgIpc) is 3.40. The smallest absolute Gasteiger partial charge is 0.246 e. The van der Waals surface area contributed by atoms with Crippen LogP contribution < -0.4 is 20.7 Å². The Morgan fingerprint density at radius 2 is 2.03 bits per heavy atom. The highest BCUT2D eigenvalue weighted by molar-refractivity contribution is 7.99.